The van der Waals surface area contributed by atoms with Crippen molar-refractivity contribution in [1.82, 2.24) is 31.3 Å². The Morgan fingerprint density at radius 2 is 1.95 bits per heavy atom. The van der Waals surface area contributed by atoms with Gasteiger partial charge in [0.25, 0.3) is 5.91 Å². The Hall–Kier alpha value is -2.84. The van der Waals surface area contributed by atoms with E-state index in [9.17, 15) is 14.0 Å². The number of halogens is 1. The van der Waals surface area contributed by atoms with E-state index >= 15 is 0 Å². The first-order valence-corrected chi connectivity index (χ1v) is 6.47. The number of tetrazole rings is 1. The molecule has 0 saturated carbocycles. The van der Waals surface area contributed by atoms with Gasteiger partial charge >= 0.3 is 0 Å². The molecule has 0 fully saturated rings. The fourth-order valence-corrected chi connectivity index (χ4v) is 1.74. The summed E-state index contributed by atoms with van der Waals surface area (Å²) in [6.07, 6.45) is 0. The van der Waals surface area contributed by atoms with Gasteiger partial charge in [0.1, 0.15) is 5.82 Å². The van der Waals surface area contributed by atoms with Crippen molar-refractivity contribution in [2.75, 3.05) is 6.54 Å². The lowest BCUT2D eigenvalue weighted by Gasteiger charge is -2.22. The van der Waals surface area contributed by atoms with Crippen LogP contribution in [0.5, 0.6) is 0 Å². The maximum atomic E-state index is 12.8. The van der Waals surface area contributed by atoms with Crippen LogP contribution in [-0.4, -0.2) is 39.0 Å². The molecule has 9 heteroatoms. The summed E-state index contributed by atoms with van der Waals surface area (Å²) in [6, 6.07) is 5.03. The number of hydrogen-bond donors (Lipinski definition) is 3. The number of benzene rings is 1. The van der Waals surface area contributed by atoms with Crippen LogP contribution in [0.3, 0.4) is 0 Å². The second kappa shape index (κ2) is 6.29. The van der Waals surface area contributed by atoms with Gasteiger partial charge in [0.2, 0.25) is 5.91 Å². The monoisotopic (exact) mass is 306 g/mol. The predicted molar refractivity (Wildman–Crippen MR) is 74.1 cm³/mol. The van der Waals surface area contributed by atoms with E-state index in [-0.39, 0.29) is 12.1 Å². The molecule has 22 heavy (non-hydrogen) atoms. The highest BCUT2D eigenvalue weighted by Crippen LogP contribution is 2.13. The molecule has 0 aliphatic heterocycles. The molecule has 0 unspecified atom stereocenters. The summed E-state index contributed by atoms with van der Waals surface area (Å²) < 4.78 is 12.8. The summed E-state index contributed by atoms with van der Waals surface area (Å²) >= 11 is 0. The Morgan fingerprint density at radius 3 is 2.55 bits per heavy atom. The molecular weight excluding hydrogens is 291 g/mol. The first-order valence-electron chi connectivity index (χ1n) is 6.47. The Bertz CT molecular complexity index is 654. The van der Waals surface area contributed by atoms with Crippen molar-refractivity contribution in [1.29, 1.82) is 0 Å². The highest BCUT2D eigenvalue weighted by molar-refractivity contribution is 5.96. The minimum atomic E-state index is -0.829. The summed E-state index contributed by atoms with van der Waals surface area (Å²) in [4.78, 5) is 23.7. The van der Waals surface area contributed by atoms with Gasteiger partial charge in [0.05, 0.1) is 12.1 Å². The predicted octanol–water partition coefficient (Wildman–Crippen LogP) is 0.120. The highest BCUT2D eigenvalue weighted by Gasteiger charge is 2.27. The third-order valence-corrected chi connectivity index (χ3v) is 2.87. The second-order valence-corrected chi connectivity index (χ2v) is 5.10. The van der Waals surface area contributed by atoms with E-state index in [4.69, 9.17) is 0 Å². The smallest absolute Gasteiger partial charge is 0.251 e. The number of nitrogens with zero attached hydrogens (tertiary/aromatic N) is 3. The van der Waals surface area contributed by atoms with Gasteiger partial charge in [-0.2, -0.15) is 5.21 Å². The summed E-state index contributed by atoms with van der Waals surface area (Å²) in [6.45, 7) is 3.19. The average Bonchev–Trinajstić information content (AvgIpc) is 3.00. The van der Waals surface area contributed by atoms with Crippen LogP contribution in [0.25, 0.3) is 0 Å². The van der Waals surface area contributed by atoms with Gasteiger partial charge in [0, 0.05) is 5.56 Å². The lowest BCUT2D eigenvalue weighted by Crippen LogP contribution is -2.46. The number of H-pyrrole nitrogens is 1. The van der Waals surface area contributed by atoms with Gasteiger partial charge in [-0.1, -0.05) is 5.21 Å². The molecule has 0 saturated heterocycles. The van der Waals surface area contributed by atoms with Crippen molar-refractivity contribution in [2.24, 2.45) is 0 Å². The van der Waals surface area contributed by atoms with E-state index in [1.54, 1.807) is 13.8 Å². The number of amides is 2. The van der Waals surface area contributed by atoms with E-state index in [2.05, 4.69) is 31.3 Å². The van der Waals surface area contributed by atoms with E-state index in [1.807, 2.05) is 0 Å². The Labute approximate surface area is 125 Å². The van der Waals surface area contributed by atoms with Gasteiger partial charge in [0.15, 0.2) is 5.82 Å². The lowest BCUT2D eigenvalue weighted by atomic mass is 10.1. The quantitative estimate of drug-likeness (QED) is 0.726. The second-order valence-electron chi connectivity index (χ2n) is 5.10. The minimum Gasteiger partial charge on any atom is -0.343 e. The molecule has 3 N–H and O–H groups in total. The number of carbonyl (C=O) groups is 2. The number of carbonyl (C=O) groups excluding carboxylic acids is 2. The third kappa shape index (κ3) is 3.84. The van der Waals surface area contributed by atoms with Crippen LogP contribution in [-0.2, 0) is 10.3 Å². The van der Waals surface area contributed by atoms with E-state index < -0.39 is 23.2 Å². The van der Waals surface area contributed by atoms with Crippen LogP contribution in [0, 0.1) is 5.82 Å². The van der Waals surface area contributed by atoms with Crippen molar-refractivity contribution in [2.45, 2.75) is 19.4 Å². The zero-order valence-electron chi connectivity index (χ0n) is 12.1. The zero-order valence-corrected chi connectivity index (χ0v) is 12.1. The lowest BCUT2D eigenvalue weighted by molar-refractivity contribution is -0.121. The summed E-state index contributed by atoms with van der Waals surface area (Å²) in [5.41, 5.74) is -0.559. The fourth-order valence-electron chi connectivity index (χ4n) is 1.74. The molecule has 2 amide bonds. The Kier molecular flexibility index (Phi) is 4.44. The maximum absolute atomic E-state index is 12.8. The van der Waals surface area contributed by atoms with Crippen molar-refractivity contribution < 1.29 is 14.0 Å². The fraction of sp³-hybridized carbons (Fsp3) is 0.308. The van der Waals surface area contributed by atoms with Crippen LogP contribution in [0.15, 0.2) is 24.3 Å². The SMILES string of the molecule is CC(C)(NC(=O)CNC(=O)c1ccc(F)cc1)c1nn[nH]n1. The van der Waals surface area contributed by atoms with E-state index in [1.165, 1.54) is 24.3 Å². The van der Waals surface area contributed by atoms with E-state index in [0.717, 1.165) is 0 Å². The molecular formula is C13H15FN6O2. The van der Waals surface area contributed by atoms with Crippen LogP contribution < -0.4 is 10.6 Å². The number of rotatable bonds is 5. The van der Waals surface area contributed by atoms with Gasteiger partial charge in [-0.05, 0) is 38.1 Å². The highest BCUT2D eigenvalue weighted by atomic mass is 19.1. The molecule has 1 heterocycles. The largest absolute Gasteiger partial charge is 0.343 e. The Morgan fingerprint density at radius 1 is 1.27 bits per heavy atom. The average molecular weight is 306 g/mol. The summed E-state index contributed by atoms with van der Waals surface area (Å²) in [5.74, 6) is -0.986. The number of nitrogens with one attached hydrogen (secondary N) is 3. The normalized spacial score (nSPS) is 11.0. The zero-order chi connectivity index (χ0) is 16.2. The van der Waals surface area contributed by atoms with Crippen molar-refractivity contribution in [3.8, 4) is 0 Å². The van der Waals surface area contributed by atoms with Gasteiger partial charge < -0.3 is 10.6 Å². The number of aromatic amines is 1. The number of aromatic nitrogens is 4. The van der Waals surface area contributed by atoms with Crippen LogP contribution in [0.1, 0.15) is 30.0 Å². The van der Waals surface area contributed by atoms with Crippen LogP contribution >= 0.6 is 0 Å². The molecule has 0 aliphatic rings. The van der Waals surface area contributed by atoms with Crippen molar-refractivity contribution in [3.05, 3.63) is 41.5 Å². The third-order valence-electron chi connectivity index (χ3n) is 2.87. The molecule has 116 valence electrons. The van der Waals surface area contributed by atoms with E-state index in [0.29, 0.717) is 5.82 Å². The van der Waals surface area contributed by atoms with Gasteiger partial charge in [-0.25, -0.2) is 4.39 Å². The molecule has 0 atom stereocenters. The Balaban J connectivity index is 1.87. The van der Waals surface area contributed by atoms with Gasteiger partial charge in [-0.3, -0.25) is 9.59 Å². The van der Waals surface area contributed by atoms with Crippen LogP contribution in [0.4, 0.5) is 4.39 Å². The van der Waals surface area contributed by atoms with Crippen molar-refractivity contribution in [3.63, 3.8) is 0 Å². The van der Waals surface area contributed by atoms with Gasteiger partial charge in [-0.15, -0.1) is 10.2 Å². The molecule has 0 radical (unpaired) electrons. The first kappa shape index (κ1) is 15.5. The van der Waals surface area contributed by atoms with Crippen LogP contribution in [0.2, 0.25) is 0 Å². The molecule has 1 aromatic heterocycles. The molecule has 1 aromatic carbocycles. The molecule has 0 bridgehead atoms. The maximum Gasteiger partial charge on any atom is 0.251 e. The van der Waals surface area contributed by atoms with Crippen molar-refractivity contribution >= 4 is 11.8 Å². The molecule has 0 spiro atoms. The minimum absolute atomic E-state index is 0.225. The molecule has 0 aliphatic carbocycles. The first-order chi connectivity index (χ1) is 10.4. The standard InChI is InChI=1S/C13H15FN6O2/c1-13(2,12-17-19-20-18-12)16-10(21)7-15-11(22)8-3-5-9(14)6-4-8/h3-6H,7H2,1-2H3,(H,15,22)(H,16,21)(H,17,18,19,20). The molecule has 8 nitrogen and oxygen atoms in total. The topological polar surface area (TPSA) is 113 Å². The summed E-state index contributed by atoms with van der Waals surface area (Å²) in [5, 5.41) is 18.5. The summed E-state index contributed by atoms with van der Waals surface area (Å²) in [7, 11) is 0. The number of hydrogen-bond acceptors (Lipinski definition) is 5. The molecule has 2 rings (SSSR count). The molecule has 2 aromatic rings.